The number of aromatic nitrogens is 1. The number of nitrogens with two attached hydrogens (primary N) is 1. The van der Waals surface area contributed by atoms with Crippen molar-refractivity contribution in [2.75, 3.05) is 7.11 Å². The SMILES string of the molecule is COc1ccc(Cc2nc3c(o2)CCC(N)C3)cc1. The highest BCUT2D eigenvalue weighted by atomic mass is 16.5. The molecule has 2 N–H and O–H groups in total. The smallest absolute Gasteiger partial charge is 0.199 e. The maximum atomic E-state index is 5.95. The predicted molar refractivity (Wildman–Crippen MR) is 72.3 cm³/mol. The molecule has 2 aromatic rings. The number of hydrogen-bond acceptors (Lipinski definition) is 4. The third-order valence-corrected chi connectivity index (χ3v) is 3.53. The molecule has 0 aliphatic heterocycles. The zero-order chi connectivity index (χ0) is 13.2. The average molecular weight is 258 g/mol. The van der Waals surface area contributed by atoms with Crippen molar-refractivity contribution in [3.63, 3.8) is 0 Å². The van der Waals surface area contributed by atoms with Crippen LogP contribution in [0.4, 0.5) is 0 Å². The Morgan fingerprint density at radius 3 is 2.89 bits per heavy atom. The molecule has 0 amide bonds. The minimum Gasteiger partial charge on any atom is -0.497 e. The quantitative estimate of drug-likeness (QED) is 0.915. The van der Waals surface area contributed by atoms with Gasteiger partial charge in [0.1, 0.15) is 11.5 Å². The first-order valence-electron chi connectivity index (χ1n) is 6.60. The molecule has 0 saturated carbocycles. The van der Waals surface area contributed by atoms with Crippen LogP contribution in [0.2, 0.25) is 0 Å². The normalized spacial score (nSPS) is 18.1. The molecule has 0 spiro atoms. The lowest BCUT2D eigenvalue weighted by Crippen LogP contribution is -2.27. The van der Waals surface area contributed by atoms with E-state index >= 15 is 0 Å². The number of fused-ring (bicyclic) bond motifs is 1. The van der Waals surface area contributed by atoms with Crippen LogP contribution in [-0.2, 0) is 19.3 Å². The molecule has 4 nitrogen and oxygen atoms in total. The van der Waals surface area contributed by atoms with Gasteiger partial charge in [0.25, 0.3) is 0 Å². The molecule has 1 atom stereocenters. The van der Waals surface area contributed by atoms with Crippen molar-refractivity contribution in [1.29, 1.82) is 0 Å². The summed E-state index contributed by atoms with van der Waals surface area (Å²) in [5, 5.41) is 0. The molecule has 19 heavy (non-hydrogen) atoms. The fourth-order valence-corrected chi connectivity index (χ4v) is 2.45. The maximum Gasteiger partial charge on any atom is 0.199 e. The topological polar surface area (TPSA) is 61.3 Å². The van der Waals surface area contributed by atoms with Crippen LogP contribution in [0.5, 0.6) is 5.75 Å². The molecule has 4 heteroatoms. The van der Waals surface area contributed by atoms with Crippen LogP contribution >= 0.6 is 0 Å². The molecule has 1 aromatic carbocycles. The van der Waals surface area contributed by atoms with Crippen LogP contribution < -0.4 is 10.5 Å². The minimum absolute atomic E-state index is 0.228. The zero-order valence-corrected chi connectivity index (χ0v) is 11.1. The summed E-state index contributed by atoms with van der Waals surface area (Å²) in [6.07, 6.45) is 3.45. The lowest BCUT2D eigenvalue weighted by atomic mass is 9.98. The summed E-state index contributed by atoms with van der Waals surface area (Å²) in [6, 6.07) is 8.20. The van der Waals surface area contributed by atoms with Crippen molar-refractivity contribution in [2.24, 2.45) is 5.73 Å². The number of hydrogen-bond donors (Lipinski definition) is 1. The van der Waals surface area contributed by atoms with E-state index in [0.29, 0.717) is 6.42 Å². The largest absolute Gasteiger partial charge is 0.497 e. The van der Waals surface area contributed by atoms with E-state index in [2.05, 4.69) is 4.98 Å². The van der Waals surface area contributed by atoms with Crippen molar-refractivity contribution in [3.05, 3.63) is 47.2 Å². The van der Waals surface area contributed by atoms with Gasteiger partial charge in [0.2, 0.25) is 0 Å². The van der Waals surface area contributed by atoms with Crippen LogP contribution in [0.25, 0.3) is 0 Å². The van der Waals surface area contributed by atoms with Gasteiger partial charge >= 0.3 is 0 Å². The Kier molecular flexibility index (Phi) is 3.25. The van der Waals surface area contributed by atoms with E-state index in [9.17, 15) is 0 Å². The lowest BCUT2D eigenvalue weighted by molar-refractivity contribution is 0.414. The zero-order valence-electron chi connectivity index (χ0n) is 11.1. The van der Waals surface area contributed by atoms with Crippen molar-refractivity contribution in [1.82, 2.24) is 4.98 Å². The highest BCUT2D eigenvalue weighted by Crippen LogP contribution is 2.23. The van der Waals surface area contributed by atoms with Gasteiger partial charge in [-0.1, -0.05) is 12.1 Å². The Labute approximate surface area is 112 Å². The minimum atomic E-state index is 0.228. The monoisotopic (exact) mass is 258 g/mol. The Bertz CT molecular complexity index is 560. The second kappa shape index (κ2) is 5.05. The summed E-state index contributed by atoms with van der Waals surface area (Å²) in [6.45, 7) is 0. The number of rotatable bonds is 3. The summed E-state index contributed by atoms with van der Waals surface area (Å²) < 4.78 is 11.0. The first kappa shape index (κ1) is 12.2. The van der Waals surface area contributed by atoms with Gasteiger partial charge in [-0.05, 0) is 24.1 Å². The van der Waals surface area contributed by atoms with E-state index in [1.807, 2.05) is 24.3 Å². The third kappa shape index (κ3) is 2.63. The molecule has 1 heterocycles. The Morgan fingerprint density at radius 2 is 2.16 bits per heavy atom. The van der Waals surface area contributed by atoms with Crippen molar-refractivity contribution >= 4 is 0 Å². The van der Waals surface area contributed by atoms with E-state index in [-0.39, 0.29) is 6.04 Å². The van der Waals surface area contributed by atoms with Gasteiger partial charge in [0, 0.05) is 25.3 Å². The molecule has 0 fully saturated rings. The summed E-state index contributed by atoms with van der Waals surface area (Å²) >= 11 is 0. The molecule has 0 saturated heterocycles. The molecular formula is C15H18N2O2. The highest BCUT2D eigenvalue weighted by molar-refractivity contribution is 5.29. The molecule has 0 radical (unpaired) electrons. The van der Waals surface area contributed by atoms with Gasteiger partial charge in [-0.15, -0.1) is 0 Å². The van der Waals surface area contributed by atoms with E-state index in [0.717, 1.165) is 42.4 Å². The maximum absolute atomic E-state index is 5.95. The summed E-state index contributed by atoms with van der Waals surface area (Å²) in [5.74, 6) is 2.66. The molecule has 3 rings (SSSR count). The number of ether oxygens (including phenoxy) is 1. The van der Waals surface area contributed by atoms with Crippen LogP contribution in [0.15, 0.2) is 28.7 Å². The van der Waals surface area contributed by atoms with Crippen LogP contribution in [-0.4, -0.2) is 18.1 Å². The molecule has 100 valence electrons. The number of aryl methyl sites for hydroxylation is 1. The van der Waals surface area contributed by atoms with Crippen LogP contribution in [0.3, 0.4) is 0 Å². The van der Waals surface area contributed by atoms with Gasteiger partial charge in [0.05, 0.1) is 12.8 Å². The Morgan fingerprint density at radius 1 is 1.37 bits per heavy atom. The lowest BCUT2D eigenvalue weighted by Gasteiger charge is -2.14. The fourth-order valence-electron chi connectivity index (χ4n) is 2.45. The second-order valence-electron chi connectivity index (χ2n) is 5.01. The van der Waals surface area contributed by atoms with Crippen molar-refractivity contribution in [3.8, 4) is 5.75 Å². The summed E-state index contributed by atoms with van der Waals surface area (Å²) in [5.41, 5.74) is 8.16. The van der Waals surface area contributed by atoms with E-state index in [4.69, 9.17) is 14.9 Å². The Balaban J connectivity index is 1.76. The van der Waals surface area contributed by atoms with Gasteiger partial charge in [0.15, 0.2) is 5.89 Å². The predicted octanol–water partition coefficient (Wildman–Crippen LogP) is 2.09. The van der Waals surface area contributed by atoms with Crippen LogP contribution in [0.1, 0.15) is 29.3 Å². The average Bonchev–Trinajstić information content (AvgIpc) is 2.81. The summed E-state index contributed by atoms with van der Waals surface area (Å²) in [4.78, 5) is 4.56. The van der Waals surface area contributed by atoms with Crippen molar-refractivity contribution in [2.45, 2.75) is 31.7 Å². The van der Waals surface area contributed by atoms with Gasteiger partial charge < -0.3 is 14.9 Å². The Hall–Kier alpha value is -1.81. The standard InChI is InChI=1S/C15H18N2O2/c1-18-12-5-2-10(3-6-12)8-15-17-13-9-11(16)4-7-14(13)19-15/h2-3,5-6,11H,4,7-9,16H2,1H3. The first-order chi connectivity index (χ1) is 9.24. The van der Waals surface area contributed by atoms with Gasteiger partial charge in [-0.25, -0.2) is 4.98 Å². The molecular weight excluding hydrogens is 240 g/mol. The highest BCUT2D eigenvalue weighted by Gasteiger charge is 2.21. The third-order valence-electron chi connectivity index (χ3n) is 3.53. The van der Waals surface area contributed by atoms with E-state index in [1.165, 1.54) is 5.56 Å². The van der Waals surface area contributed by atoms with E-state index in [1.54, 1.807) is 7.11 Å². The first-order valence-corrected chi connectivity index (χ1v) is 6.60. The summed E-state index contributed by atoms with van der Waals surface area (Å²) in [7, 11) is 1.67. The van der Waals surface area contributed by atoms with Crippen molar-refractivity contribution < 1.29 is 9.15 Å². The number of benzene rings is 1. The molecule has 0 bridgehead atoms. The van der Waals surface area contributed by atoms with E-state index < -0.39 is 0 Å². The number of methoxy groups -OCH3 is 1. The number of oxazole rings is 1. The van der Waals surface area contributed by atoms with Gasteiger partial charge in [-0.3, -0.25) is 0 Å². The fraction of sp³-hybridized carbons (Fsp3) is 0.400. The second-order valence-corrected chi connectivity index (χ2v) is 5.01. The van der Waals surface area contributed by atoms with Crippen LogP contribution in [0, 0.1) is 0 Å². The number of nitrogens with zero attached hydrogens (tertiary/aromatic N) is 1. The van der Waals surface area contributed by atoms with Gasteiger partial charge in [-0.2, -0.15) is 0 Å². The molecule has 1 aliphatic carbocycles. The molecule has 1 aliphatic rings. The molecule has 1 unspecified atom stereocenters. The molecule has 1 aromatic heterocycles.